The van der Waals surface area contributed by atoms with Gasteiger partial charge in [0, 0.05) is 17.7 Å². The first-order valence-electron chi connectivity index (χ1n) is 10.7. The maximum atomic E-state index is 10.3. The van der Waals surface area contributed by atoms with Crippen LogP contribution in [0.25, 0.3) is 0 Å². The van der Waals surface area contributed by atoms with E-state index in [4.69, 9.17) is 9.47 Å². The minimum absolute atomic E-state index is 0.0997. The van der Waals surface area contributed by atoms with Crippen LogP contribution in [0.2, 0.25) is 0 Å². The zero-order valence-corrected chi connectivity index (χ0v) is 17.5. The Kier molecular flexibility index (Phi) is 6.61. The lowest BCUT2D eigenvalue weighted by Crippen LogP contribution is -2.60. The van der Waals surface area contributed by atoms with Crippen molar-refractivity contribution in [2.45, 2.75) is 69.4 Å². The summed E-state index contributed by atoms with van der Waals surface area (Å²) in [6.07, 6.45) is -3.90. The van der Waals surface area contributed by atoms with Crippen LogP contribution >= 0.6 is 0 Å². The number of rotatable bonds is 8. The van der Waals surface area contributed by atoms with Gasteiger partial charge in [0.1, 0.15) is 24.4 Å². The molecule has 2 heterocycles. The number of benzene rings is 1. The highest BCUT2D eigenvalue weighted by molar-refractivity contribution is 5.38. The molecule has 0 spiro atoms. The second-order valence-corrected chi connectivity index (χ2v) is 8.32. The Bertz CT molecular complexity index is 879. The van der Waals surface area contributed by atoms with Crippen molar-refractivity contribution < 1.29 is 35.0 Å². The van der Waals surface area contributed by atoms with E-state index in [0.717, 1.165) is 16.8 Å². The summed E-state index contributed by atoms with van der Waals surface area (Å²) in [6.45, 7) is 1.51. The second kappa shape index (κ2) is 9.23. The predicted molar refractivity (Wildman–Crippen MR) is 110 cm³/mol. The highest BCUT2D eigenvalue weighted by atomic mass is 16.7. The van der Waals surface area contributed by atoms with E-state index in [0.29, 0.717) is 12.3 Å². The van der Waals surface area contributed by atoms with Crippen molar-refractivity contribution in [1.29, 1.82) is 0 Å². The van der Waals surface area contributed by atoms with Crippen molar-refractivity contribution in [3.63, 3.8) is 0 Å². The van der Waals surface area contributed by atoms with Crippen molar-refractivity contribution >= 4 is 0 Å². The fourth-order valence-electron chi connectivity index (χ4n) is 3.97. The molecule has 0 bridgehead atoms. The van der Waals surface area contributed by atoms with Crippen LogP contribution in [-0.4, -0.2) is 79.2 Å². The third kappa shape index (κ3) is 4.62. The van der Waals surface area contributed by atoms with E-state index < -0.39 is 37.3 Å². The maximum Gasteiger partial charge on any atom is 0.239 e. The Morgan fingerprint density at radius 1 is 1.06 bits per heavy atom. The molecule has 1 aliphatic carbocycles. The van der Waals surface area contributed by atoms with Crippen LogP contribution in [0.15, 0.2) is 24.3 Å². The smallest absolute Gasteiger partial charge is 0.239 e. The van der Waals surface area contributed by atoms with Crippen molar-refractivity contribution in [2.75, 3.05) is 13.2 Å². The quantitative estimate of drug-likeness (QED) is 0.386. The minimum Gasteiger partial charge on any atom is -0.443 e. The molecule has 2 aromatic rings. The molecule has 1 aliphatic heterocycles. The van der Waals surface area contributed by atoms with E-state index in [1.54, 1.807) is 4.68 Å². The fourth-order valence-corrected chi connectivity index (χ4v) is 3.97. The summed E-state index contributed by atoms with van der Waals surface area (Å²) in [6, 6.07) is 8.43. The summed E-state index contributed by atoms with van der Waals surface area (Å²) in [7, 11) is 0. The van der Waals surface area contributed by atoms with Crippen molar-refractivity contribution in [3.05, 3.63) is 46.6 Å². The first-order valence-corrected chi connectivity index (χ1v) is 10.7. The van der Waals surface area contributed by atoms with Crippen LogP contribution < -0.4 is 4.74 Å². The Labute approximate surface area is 180 Å². The lowest BCUT2D eigenvalue weighted by Gasteiger charge is -2.39. The zero-order valence-electron chi connectivity index (χ0n) is 17.5. The van der Waals surface area contributed by atoms with Gasteiger partial charge >= 0.3 is 0 Å². The summed E-state index contributed by atoms with van der Waals surface area (Å²) in [5.41, 5.74) is 3.98. The second-order valence-electron chi connectivity index (χ2n) is 8.32. The van der Waals surface area contributed by atoms with E-state index in [-0.39, 0.29) is 19.0 Å². The third-order valence-corrected chi connectivity index (χ3v) is 6.09. The molecular weight excluding hydrogens is 404 g/mol. The van der Waals surface area contributed by atoms with E-state index in [1.807, 2.05) is 6.92 Å². The van der Waals surface area contributed by atoms with Gasteiger partial charge < -0.3 is 35.0 Å². The highest BCUT2D eigenvalue weighted by Crippen LogP contribution is 2.40. The topological polar surface area (TPSA) is 137 Å². The van der Waals surface area contributed by atoms with Crippen molar-refractivity contribution in [3.8, 4) is 5.88 Å². The van der Waals surface area contributed by atoms with Gasteiger partial charge in [-0.05, 0) is 36.8 Å². The number of ether oxygens (including phenoxy) is 2. The molecule has 2 aliphatic rings. The lowest BCUT2D eigenvalue weighted by atomic mass is 9.99. The molecule has 1 aromatic carbocycles. The normalized spacial score (nSPS) is 28.6. The number of aromatic nitrogens is 2. The Morgan fingerprint density at radius 3 is 2.39 bits per heavy atom. The van der Waals surface area contributed by atoms with Gasteiger partial charge in [0.2, 0.25) is 12.2 Å². The molecule has 2 fully saturated rings. The number of aliphatic hydroxyl groups excluding tert-OH is 5. The molecule has 1 saturated carbocycles. The largest absolute Gasteiger partial charge is 0.443 e. The summed E-state index contributed by atoms with van der Waals surface area (Å²) in [4.78, 5) is 0. The van der Waals surface area contributed by atoms with Crippen molar-refractivity contribution in [1.82, 2.24) is 9.78 Å². The molecule has 9 heteroatoms. The monoisotopic (exact) mass is 434 g/mol. The van der Waals surface area contributed by atoms with E-state index >= 15 is 0 Å². The molecule has 31 heavy (non-hydrogen) atoms. The molecule has 5 atom stereocenters. The lowest BCUT2D eigenvalue weighted by molar-refractivity contribution is -0.278. The van der Waals surface area contributed by atoms with Gasteiger partial charge in [-0.3, -0.25) is 4.68 Å². The molecular formula is C22H30N2O7. The number of hydrogen-bond acceptors (Lipinski definition) is 8. The SMILES string of the molecule is Cc1c(Cc2ccc(C3CC3)cc2)c(OC2O[C@H](CO)[C@@H](O)[C@H](O)[C@H]2O)nn1CCO. The molecule has 1 unspecified atom stereocenters. The summed E-state index contributed by atoms with van der Waals surface area (Å²) >= 11 is 0. The number of nitrogens with zero attached hydrogens (tertiary/aromatic N) is 2. The van der Waals surface area contributed by atoms with Gasteiger partial charge in [-0.15, -0.1) is 5.10 Å². The van der Waals surface area contributed by atoms with Gasteiger partial charge in [0.15, 0.2) is 0 Å². The van der Waals surface area contributed by atoms with Crippen LogP contribution in [-0.2, 0) is 17.7 Å². The average Bonchev–Trinajstić information content (AvgIpc) is 3.58. The Hall–Kier alpha value is -2.01. The number of aliphatic hydroxyl groups is 5. The molecule has 170 valence electrons. The molecule has 5 N–H and O–H groups in total. The molecule has 9 nitrogen and oxygen atoms in total. The predicted octanol–water partition coefficient (Wildman–Crippen LogP) is -0.169. The van der Waals surface area contributed by atoms with E-state index in [1.165, 1.54) is 18.4 Å². The number of hydrogen-bond donors (Lipinski definition) is 5. The van der Waals surface area contributed by atoms with Crippen LogP contribution in [0, 0.1) is 6.92 Å². The summed E-state index contributed by atoms with van der Waals surface area (Å²) in [5, 5.41) is 53.5. The van der Waals surface area contributed by atoms with Gasteiger partial charge in [0.25, 0.3) is 0 Å². The summed E-state index contributed by atoms with van der Waals surface area (Å²) < 4.78 is 12.9. The molecule has 0 amide bonds. The van der Waals surface area contributed by atoms with Crippen molar-refractivity contribution in [2.24, 2.45) is 0 Å². The Morgan fingerprint density at radius 2 is 1.77 bits per heavy atom. The first-order chi connectivity index (χ1) is 14.9. The standard InChI is InChI=1S/C22H30N2O7/c1-12-16(10-13-2-4-14(5-3-13)15-6-7-15)21(23-24(12)8-9-25)31-22-20(29)19(28)18(27)17(11-26)30-22/h2-5,15,17-20,22,25-29H,6-11H2,1H3/t17-,18-,19+,20-,22?/m1/s1. The average molecular weight is 434 g/mol. The van der Waals surface area contributed by atoms with Gasteiger partial charge in [-0.2, -0.15) is 0 Å². The maximum absolute atomic E-state index is 10.3. The zero-order chi connectivity index (χ0) is 22.1. The van der Waals surface area contributed by atoms with E-state index in [2.05, 4.69) is 29.4 Å². The Balaban J connectivity index is 1.58. The summed E-state index contributed by atoms with van der Waals surface area (Å²) in [5.74, 6) is 0.884. The minimum atomic E-state index is -1.53. The van der Waals surface area contributed by atoms with Crippen LogP contribution in [0.3, 0.4) is 0 Å². The van der Waals surface area contributed by atoms with E-state index in [9.17, 15) is 25.5 Å². The highest BCUT2D eigenvalue weighted by Gasteiger charge is 2.45. The molecule has 1 aromatic heterocycles. The van der Waals surface area contributed by atoms with Gasteiger partial charge in [-0.25, -0.2) is 0 Å². The van der Waals surface area contributed by atoms with Crippen LogP contribution in [0.1, 0.15) is 41.1 Å². The molecule has 1 saturated heterocycles. The van der Waals surface area contributed by atoms with Crippen LogP contribution in [0.4, 0.5) is 0 Å². The van der Waals surface area contributed by atoms with Gasteiger partial charge in [-0.1, -0.05) is 24.3 Å². The van der Waals surface area contributed by atoms with Crippen LogP contribution in [0.5, 0.6) is 5.88 Å². The fraction of sp³-hybridized carbons (Fsp3) is 0.591. The first kappa shape index (κ1) is 22.2. The molecule has 4 rings (SSSR count). The third-order valence-electron chi connectivity index (χ3n) is 6.09. The molecule has 0 radical (unpaired) electrons. The van der Waals surface area contributed by atoms with Gasteiger partial charge in [0.05, 0.1) is 19.8 Å².